The van der Waals surface area contributed by atoms with Crippen molar-refractivity contribution in [2.24, 2.45) is 0 Å². The molecule has 1 amide bonds. The van der Waals surface area contributed by atoms with Crippen molar-refractivity contribution in [3.8, 4) is 0 Å². The number of nitrogens with zero attached hydrogens (tertiary/aromatic N) is 2. The Hall–Kier alpha value is -1.81. The van der Waals surface area contributed by atoms with Gasteiger partial charge < -0.3 is 9.88 Å². The van der Waals surface area contributed by atoms with Gasteiger partial charge in [0.15, 0.2) is 0 Å². The number of rotatable bonds is 4. The maximum absolute atomic E-state index is 12.5. The van der Waals surface area contributed by atoms with Gasteiger partial charge in [-0.2, -0.15) is 0 Å². The molecule has 2 heterocycles. The number of carbonyl (C=O) groups excluding carboxylic acids is 1. The molecule has 1 aromatic carbocycles. The van der Waals surface area contributed by atoms with Crippen LogP contribution >= 0.6 is 11.6 Å². The summed E-state index contributed by atoms with van der Waals surface area (Å²) < 4.78 is 0. The number of halogens is 1. The highest BCUT2D eigenvalue weighted by atomic mass is 35.5. The predicted molar refractivity (Wildman–Crippen MR) is 86.8 cm³/mol. The summed E-state index contributed by atoms with van der Waals surface area (Å²) in [6, 6.07) is 7.79. The van der Waals surface area contributed by atoms with E-state index in [0.717, 1.165) is 47.9 Å². The number of aromatic nitrogens is 2. The Morgan fingerprint density at radius 3 is 2.86 bits per heavy atom. The molecule has 1 saturated heterocycles. The van der Waals surface area contributed by atoms with Crippen LogP contribution in [0.5, 0.6) is 0 Å². The van der Waals surface area contributed by atoms with E-state index in [1.807, 2.05) is 42.3 Å². The van der Waals surface area contributed by atoms with Gasteiger partial charge in [-0.1, -0.05) is 23.7 Å². The third kappa shape index (κ3) is 3.33. The summed E-state index contributed by atoms with van der Waals surface area (Å²) in [5.74, 6) is 1.11. The molecule has 1 atom stereocenters. The fourth-order valence-corrected chi connectivity index (χ4v) is 3.12. The van der Waals surface area contributed by atoms with E-state index in [9.17, 15) is 4.79 Å². The van der Waals surface area contributed by atoms with Crippen LogP contribution in [0.25, 0.3) is 0 Å². The summed E-state index contributed by atoms with van der Waals surface area (Å²) in [7, 11) is 0. The van der Waals surface area contributed by atoms with Crippen LogP contribution in [-0.2, 0) is 11.2 Å². The van der Waals surface area contributed by atoms with Crippen molar-refractivity contribution < 1.29 is 4.79 Å². The molecule has 1 aliphatic heterocycles. The number of benzene rings is 1. The van der Waals surface area contributed by atoms with Gasteiger partial charge in [0.25, 0.3) is 0 Å². The van der Waals surface area contributed by atoms with Gasteiger partial charge in [-0.25, -0.2) is 4.98 Å². The average Bonchev–Trinajstić information content (AvgIpc) is 3.14. The zero-order valence-electron chi connectivity index (χ0n) is 12.7. The van der Waals surface area contributed by atoms with Gasteiger partial charge in [0, 0.05) is 29.9 Å². The van der Waals surface area contributed by atoms with E-state index in [1.165, 1.54) is 0 Å². The molecule has 3 rings (SSSR count). The van der Waals surface area contributed by atoms with Crippen molar-refractivity contribution >= 4 is 17.5 Å². The highest BCUT2D eigenvalue weighted by molar-refractivity contribution is 6.30. The van der Waals surface area contributed by atoms with Gasteiger partial charge in [-0.05, 0) is 43.9 Å². The Kier molecular flexibility index (Phi) is 4.48. The normalized spacial score (nSPS) is 17.9. The molecule has 1 aliphatic rings. The first-order valence-corrected chi connectivity index (χ1v) is 8.06. The number of H-pyrrole nitrogens is 1. The third-order valence-electron chi connectivity index (χ3n) is 4.15. The molecule has 22 heavy (non-hydrogen) atoms. The van der Waals surface area contributed by atoms with Gasteiger partial charge in [0.1, 0.15) is 5.82 Å². The first-order valence-electron chi connectivity index (χ1n) is 7.69. The minimum atomic E-state index is 0.103. The van der Waals surface area contributed by atoms with Crippen molar-refractivity contribution in [2.75, 3.05) is 6.54 Å². The molecule has 1 unspecified atom stereocenters. The summed E-state index contributed by atoms with van der Waals surface area (Å²) in [6.45, 7) is 2.81. The van der Waals surface area contributed by atoms with E-state index >= 15 is 0 Å². The smallest absolute Gasteiger partial charge is 0.223 e. The SMILES string of the molecule is Cc1cnc(C2CCCN2C(=O)CCc2ccc(Cl)cc2)[nH]1. The monoisotopic (exact) mass is 317 g/mol. The van der Waals surface area contributed by atoms with E-state index in [2.05, 4.69) is 9.97 Å². The highest BCUT2D eigenvalue weighted by Crippen LogP contribution is 2.30. The Labute approximate surface area is 135 Å². The largest absolute Gasteiger partial charge is 0.344 e. The molecule has 0 radical (unpaired) electrons. The minimum Gasteiger partial charge on any atom is -0.344 e. The predicted octanol–water partition coefficient (Wildman–Crippen LogP) is 3.67. The second-order valence-electron chi connectivity index (χ2n) is 5.82. The van der Waals surface area contributed by atoms with E-state index < -0.39 is 0 Å². The molecule has 1 fully saturated rings. The van der Waals surface area contributed by atoms with Gasteiger partial charge >= 0.3 is 0 Å². The summed E-state index contributed by atoms with van der Waals surface area (Å²) >= 11 is 5.88. The van der Waals surface area contributed by atoms with E-state index in [1.54, 1.807) is 0 Å². The fourth-order valence-electron chi connectivity index (χ4n) is 3.00. The Bertz CT molecular complexity index is 650. The van der Waals surface area contributed by atoms with Crippen molar-refractivity contribution in [1.29, 1.82) is 0 Å². The Balaban J connectivity index is 1.62. The molecule has 116 valence electrons. The second kappa shape index (κ2) is 6.53. The lowest BCUT2D eigenvalue weighted by Crippen LogP contribution is -2.31. The summed E-state index contributed by atoms with van der Waals surface area (Å²) in [5.41, 5.74) is 2.18. The molecular weight excluding hydrogens is 298 g/mol. The van der Waals surface area contributed by atoms with Gasteiger partial charge in [-0.3, -0.25) is 4.79 Å². The summed E-state index contributed by atoms with van der Waals surface area (Å²) in [4.78, 5) is 22.2. The lowest BCUT2D eigenvalue weighted by molar-refractivity contribution is -0.132. The van der Waals surface area contributed by atoms with Crippen LogP contribution in [-0.4, -0.2) is 27.3 Å². The van der Waals surface area contributed by atoms with Crippen LogP contribution in [0.2, 0.25) is 5.02 Å². The molecule has 5 heteroatoms. The average molecular weight is 318 g/mol. The van der Waals surface area contributed by atoms with Crippen LogP contribution in [0.3, 0.4) is 0 Å². The minimum absolute atomic E-state index is 0.103. The number of hydrogen-bond acceptors (Lipinski definition) is 2. The van der Waals surface area contributed by atoms with Crippen LogP contribution < -0.4 is 0 Å². The number of likely N-dealkylation sites (tertiary alicyclic amines) is 1. The van der Waals surface area contributed by atoms with Crippen molar-refractivity contribution in [2.45, 2.75) is 38.6 Å². The summed E-state index contributed by atoms with van der Waals surface area (Å²) in [6.07, 6.45) is 5.12. The van der Waals surface area contributed by atoms with Gasteiger partial charge in [0.05, 0.1) is 6.04 Å². The van der Waals surface area contributed by atoms with E-state index in [4.69, 9.17) is 11.6 Å². The van der Waals surface area contributed by atoms with Crippen molar-refractivity contribution in [3.05, 3.63) is 52.6 Å². The number of hydrogen-bond donors (Lipinski definition) is 1. The molecule has 0 saturated carbocycles. The zero-order chi connectivity index (χ0) is 15.5. The second-order valence-corrected chi connectivity index (χ2v) is 6.26. The molecule has 1 N–H and O–H groups in total. The van der Waals surface area contributed by atoms with Crippen molar-refractivity contribution in [3.63, 3.8) is 0 Å². The van der Waals surface area contributed by atoms with Gasteiger partial charge in [-0.15, -0.1) is 0 Å². The third-order valence-corrected chi connectivity index (χ3v) is 4.40. The summed E-state index contributed by atoms with van der Waals surface area (Å²) in [5, 5.41) is 0.725. The van der Waals surface area contributed by atoms with Crippen LogP contribution in [0, 0.1) is 6.92 Å². The maximum atomic E-state index is 12.5. The standard InChI is InChI=1S/C17H20ClN3O/c1-12-11-19-17(20-12)15-3-2-10-21(15)16(22)9-6-13-4-7-14(18)8-5-13/h4-5,7-8,11,15H,2-3,6,9-10H2,1H3,(H,19,20). The molecule has 0 aliphatic carbocycles. The van der Waals surface area contributed by atoms with E-state index in [-0.39, 0.29) is 11.9 Å². The van der Waals surface area contributed by atoms with Crippen LogP contribution in [0.1, 0.15) is 42.4 Å². The molecule has 4 nitrogen and oxygen atoms in total. The number of aromatic amines is 1. The first-order chi connectivity index (χ1) is 10.6. The topological polar surface area (TPSA) is 49.0 Å². The fraction of sp³-hybridized carbons (Fsp3) is 0.412. The number of aryl methyl sites for hydroxylation is 2. The lowest BCUT2D eigenvalue weighted by Gasteiger charge is -2.23. The van der Waals surface area contributed by atoms with E-state index in [0.29, 0.717) is 6.42 Å². The van der Waals surface area contributed by atoms with Crippen molar-refractivity contribution in [1.82, 2.24) is 14.9 Å². The Morgan fingerprint density at radius 2 is 2.18 bits per heavy atom. The molecule has 1 aromatic heterocycles. The number of imidazole rings is 1. The van der Waals surface area contributed by atoms with Gasteiger partial charge in [0.2, 0.25) is 5.91 Å². The first kappa shape index (κ1) is 15.1. The zero-order valence-corrected chi connectivity index (χ0v) is 13.4. The molecule has 0 spiro atoms. The number of nitrogens with one attached hydrogen (secondary N) is 1. The molecular formula is C17H20ClN3O. The maximum Gasteiger partial charge on any atom is 0.223 e. The lowest BCUT2D eigenvalue weighted by atomic mass is 10.1. The number of amides is 1. The Morgan fingerprint density at radius 1 is 1.41 bits per heavy atom. The molecule has 2 aromatic rings. The molecule has 0 bridgehead atoms. The highest BCUT2D eigenvalue weighted by Gasteiger charge is 2.31. The quantitative estimate of drug-likeness (QED) is 0.935. The van der Waals surface area contributed by atoms with Crippen LogP contribution in [0.15, 0.2) is 30.5 Å². The number of carbonyl (C=O) groups is 1. The van der Waals surface area contributed by atoms with Crippen LogP contribution in [0.4, 0.5) is 0 Å².